The first-order chi connectivity index (χ1) is 7.17. The molecule has 0 saturated carbocycles. The van der Waals surface area contributed by atoms with E-state index in [-0.39, 0.29) is 12.5 Å². The summed E-state index contributed by atoms with van der Waals surface area (Å²) in [4.78, 5) is 4.03. The van der Waals surface area contributed by atoms with E-state index in [9.17, 15) is 0 Å². The zero-order valence-corrected chi connectivity index (χ0v) is 8.57. The van der Waals surface area contributed by atoms with E-state index in [1.807, 2.05) is 13.0 Å². The number of hydrogen-bond donors (Lipinski definition) is 2. The van der Waals surface area contributed by atoms with Crippen LogP contribution in [-0.4, -0.2) is 16.7 Å². The van der Waals surface area contributed by atoms with E-state index >= 15 is 0 Å². The van der Waals surface area contributed by atoms with E-state index in [4.69, 9.17) is 10.4 Å². The molecule has 0 fully saturated rings. The Morgan fingerprint density at radius 1 is 1.73 bits per heavy atom. The summed E-state index contributed by atoms with van der Waals surface area (Å²) in [6.45, 7) is 5.69. The largest absolute Gasteiger partial charge is 0.396 e. The number of hydrogen-bond acceptors (Lipinski definition) is 4. The quantitative estimate of drug-likeness (QED) is 0.778. The van der Waals surface area contributed by atoms with E-state index in [0.717, 1.165) is 0 Å². The Morgan fingerprint density at radius 2 is 2.47 bits per heavy atom. The zero-order chi connectivity index (χ0) is 11.3. The van der Waals surface area contributed by atoms with Crippen LogP contribution < -0.4 is 5.32 Å². The standard InChI is InChI=1S/C11H13N3O/c1-8(7-15)9(2)14-11-4-3-10(5-12)6-13-11/h3-4,6,8,15H,2,7H2,1H3,(H,13,14)/t8-/m0/s1. The lowest BCUT2D eigenvalue weighted by molar-refractivity contribution is 0.257. The Hall–Kier alpha value is -1.86. The van der Waals surface area contributed by atoms with Gasteiger partial charge in [0.1, 0.15) is 11.9 Å². The molecule has 0 unspecified atom stereocenters. The molecule has 15 heavy (non-hydrogen) atoms. The third-order valence-electron chi connectivity index (χ3n) is 2.05. The van der Waals surface area contributed by atoms with Gasteiger partial charge < -0.3 is 10.4 Å². The highest BCUT2D eigenvalue weighted by atomic mass is 16.3. The fraction of sp³-hybridized carbons (Fsp3) is 0.273. The first kappa shape index (κ1) is 11.2. The summed E-state index contributed by atoms with van der Waals surface area (Å²) in [6.07, 6.45) is 1.49. The van der Waals surface area contributed by atoms with Gasteiger partial charge >= 0.3 is 0 Å². The summed E-state index contributed by atoms with van der Waals surface area (Å²) in [5.41, 5.74) is 1.22. The van der Waals surface area contributed by atoms with Crippen LogP contribution in [0, 0.1) is 17.2 Å². The molecule has 0 bridgehead atoms. The van der Waals surface area contributed by atoms with Crippen LogP contribution in [0.5, 0.6) is 0 Å². The lowest BCUT2D eigenvalue weighted by atomic mass is 10.1. The topological polar surface area (TPSA) is 68.9 Å². The van der Waals surface area contributed by atoms with Crippen molar-refractivity contribution in [1.29, 1.82) is 5.26 Å². The zero-order valence-electron chi connectivity index (χ0n) is 8.57. The number of anilines is 1. The summed E-state index contributed by atoms with van der Waals surface area (Å²) < 4.78 is 0. The maximum atomic E-state index is 8.90. The number of nitriles is 1. The molecule has 0 aliphatic rings. The number of nitrogens with zero attached hydrogens (tertiary/aromatic N) is 2. The number of nitrogens with one attached hydrogen (secondary N) is 1. The predicted molar refractivity (Wildman–Crippen MR) is 58.0 cm³/mol. The number of pyridine rings is 1. The van der Waals surface area contributed by atoms with E-state index in [1.54, 1.807) is 12.1 Å². The first-order valence-corrected chi connectivity index (χ1v) is 4.60. The van der Waals surface area contributed by atoms with Gasteiger partial charge in [-0.25, -0.2) is 4.98 Å². The second kappa shape index (κ2) is 5.13. The molecule has 78 valence electrons. The molecule has 0 aliphatic heterocycles. The summed E-state index contributed by atoms with van der Waals surface area (Å²) in [7, 11) is 0. The molecular formula is C11H13N3O. The molecule has 1 aromatic rings. The highest BCUT2D eigenvalue weighted by Crippen LogP contribution is 2.12. The van der Waals surface area contributed by atoms with Crippen molar-refractivity contribution in [2.24, 2.45) is 5.92 Å². The van der Waals surface area contributed by atoms with Gasteiger partial charge in [-0.1, -0.05) is 13.5 Å². The van der Waals surface area contributed by atoms with Crippen LogP contribution in [0.15, 0.2) is 30.6 Å². The van der Waals surface area contributed by atoms with Crippen molar-refractivity contribution in [3.05, 3.63) is 36.2 Å². The van der Waals surface area contributed by atoms with Crippen molar-refractivity contribution in [1.82, 2.24) is 4.98 Å². The van der Waals surface area contributed by atoms with E-state index in [2.05, 4.69) is 16.9 Å². The summed E-state index contributed by atoms with van der Waals surface area (Å²) in [5.74, 6) is 0.599. The van der Waals surface area contributed by atoms with Crippen LogP contribution in [0.25, 0.3) is 0 Å². The van der Waals surface area contributed by atoms with E-state index in [0.29, 0.717) is 17.1 Å². The Kier molecular flexibility index (Phi) is 3.83. The maximum Gasteiger partial charge on any atom is 0.130 e. The SMILES string of the molecule is C=C(Nc1ccc(C#N)cn1)[C@@H](C)CO. The van der Waals surface area contributed by atoms with Crippen molar-refractivity contribution in [3.63, 3.8) is 0 Å². The molecule has 1 heterocycles. The van der Waals surface area contributed by atoms with Crippen LogP contribution in [0.4, 0.5) is 5.82 Å². The monoisotopic (exact) mass is 203 g/mol. The van der Waals surface area contributed by atoms with Crippen molar-refractivity contribution >= 4 is 5.82 Å². The lowest BCUT2D eigenvalue weighted by Gasteiger charge is -2.13. The van der Waals surface area contributed by atoms with Crippen molar-refractivity contribution in [2.45, 2.75) is 6.92 Å². The molecule has 0 aliphatic carbocycles. The molecule has 1 aromatic heterocycles. The molecular weight excluding hydrogens is 190 g/mol. The molecule has 2 N–H and O–H groups in total. The fourth-order valence-electron chi connectivity index (χ4n) is 0.932. The summed E-state index contributed by atoms with van der Waals surface area (Å²) in [6, 6.07) is 5.36. The van der Waals surface area contributed by atoms with Crippen molar-refractivity contribution < 1.29 is 5.11 Å². The van der Waals surface area contributed by atoms with E-state index in [1.165, 1.54) is 6.20 Å². The van der Waals surface area contributed by atoms with Gasteiger partial charge in [0.25, 0.3) is 0 Å². The lowest BCUT2D eigenvalue weighted by Crippen LogP contribution is -2.11. The second-order valence-electron chi connectivity index (χ2n) is 3.28. The third-order valence-corrected chi connectivity index (χ3v) is 2.05. The third kappa shape index (κ3) is 3.08. The molecule has 1 atom stereocenters. The van der Waals surface area contributed by atoms with Crippen molar-refractivity contribution in [2.75, 3.05) is 11.9 Å². The fourth-order valence-corrected chi connectivity index (χ4v) is 0.932. The Bertz CT molecular complexity index is 378. The Morgan fingerprint density at radius 3 is 2.93 bits per heavy atom. The highest BCUT2D eigenvalue weighted by Gasteiger charge is 2.05. The smallest absolute Gasteiger partial charge is 0.130 e. The minimum atomic E-state index is -0.0255. The van der Waals surface area contributed by atoms with Crippen LogP contribution in [0.1, 0.15) is 12.5 Å². The summed E-state index contributed by atoms with van der Waals surface area (Å²) >= 11 is 0. The normalized spacial score (nSPS) is 11.5. The highest BCUT2D eigenvalue weighted by molar-refractivity contribution is 5.43. The average Bonchev–Trinajstić information content (AvgIpc) is 2.29. The van der Waals surface area contributed by atoms with Gasteiger partial charge in [-0.15, -0.1) is 0 Å². The van der Waals surface area contributed by atoms with E-state index < -0.39 is 0 Å². The molecule has 1 rings (SSSR count). The van der Waals surface area contributed by atoms with Gasteiger partial charge in [0.05, 0.1) is 12.2 Å². The molecule has 0 spiro atoms. The minimum absolute atomic E-state index is 0.0255. The summed E-state index contributed by atoms with van der Waals surface area (Å²) in [5, 5.41) is 20.4. The van der Waals surface area contributed by atoms with Crippen LogP contribution in [0.3, 0.4) is 0 Å². The average molecular weight is 203 g/mol. The van der Waals surface area contributed by atoms with Crippen LogP contribution >= 0.6 is 0 Å². The molecule has 0 saturated heterocycles. The number of rotatable bonds is 4. The van der Waals surface area contributed by atoms with Gasteiger partial charge in [-0.05, 0) is 12.1 Å². The Labute approximate surface area is 88.9 Å². The van der Waals surface area contributed by atoms with Gasteiger partial charge in [-0.2, -0.15) is 5.26 Å². The Balaban J connectivity index is 2.66. The number of aliphatic hydroxyl groups is 1. The van der Waals surface area contributed by atoms with Crippen molar-refractivity contribution in [3.8, 4) is 6.07 Å². The molecule has 0 aromatic carbocycles. The van der Waals surface area contributed by atoms with Crippen LogP contribution in [0.2, 0.25) is 0 Å². The minimum Gasteiger partial charge on any atom is -0.396 e. The predicted octanol–water partition coefficient (Wildman–Crippen LogP) is 1.51. The number of aliphatic hydroxyl groups excluding tert-OH is 1. The molecule has 4 nitrogen and oxygen atoms in total. The first-order valence-electron chi connectivity index (χ1n) is 4.60. The van der Waals surface area contributed by atoms with Gasteiger partial charge in [-0.3, -0.25) is 0 Å². The van der Waals surface area contributed by atoms with Gasteiger partial charge in [0.2, 0.25) is 0 Å². The molecule has 4 heteroatoms. The molecule has 0 radical (unpaired) electrons. The number of aromatic nitrogens is 1. The van der Waals surface area contributed by atoms with Crippen LogP contribution in [-0.2, 0) is 0 Å². The molecule has 0 amide bonds. The maximum absolute atomic E-state index is 8.90. The second-order valence-corrected chi connectivity index (χ2v) is 3.28. The van der Waals surface area contributed by atoms with Gasteiger partial charge in [0, 0.05) is 17.8 Å². The van der Waals surface area contributed by atoms with Gasteiger partial charge in [0.15, 0.2) is 0 Å².